The van der Waals surface area contributed by atoms with Crippen LogP contribution in [0, 0.1) is 0 Å². The third-order valence-electron chi connectivity index (χ3n) is 4.84. The van der Waals surface area contributed by atoms with E-state index in [1.54, 1.807) is 0 Å². The molecule has 0 aliphatic carbocycles. The molecule has 0 bridgehead atoms. The molecule has 0 radical (unpaired) electrons. The normalized spacial score (nSPS) is 13.8. The lowest BCUT2D eigenvalue weighted by Crippen LogP contribution is -2.03. The van der Waals surface area contributed by atoms with Crippen LogP contribution in [0.25, 0.3) is 32.7 Å². The van der Waals surface area contributed by atoms with Crippen molar-refractivity contribution in [2.75, 3.05) is 13.2 Å². The molecule has 0 N–H and O–H groups in total. The van der Waals surface area contributed by atoms with Gasteiger partial charge in [0, 0.05) is 17.5 Å². The summed E-state index contributed by atoms with van der Waals surface area (Å²) in [4.78, 5) is 0. The summed E-state index contributed by atoms with van der Waals surface area (Å²) in [6.07, 6.45) is 0.874. The van der Waals surface area contributed by atoms with Crippen LogP contribution >= 0.6 is 0 Å². The molecule has 0 spiro atoms. The summed E-state index contributed by atoms with van der Waals surface area (Å²) in [6, 6.07) is 25.4. The van der Waals surface area contributed by atoms with Gasteiger partial charge in [-0.1, -0.05) is 60.7 Å². The van der Waals surface area contributed by atoms with Crippen LogP contribution in [-0.4, -0.2) is 13.2 Å². The molecule has 1 aliphatic heterocycles. The van der Waals surface area contributed by atoms with Crippen molar-refractivity contribution in [1.29, 1.82) is 0 Å². The molecule has 122 valence electrons. The minimum Gasteiger partial charge on any atom is -0.493 e. The fourth-order valence-electron chi connectivity index (χ4n) is 3.68. The molecule has 0 amide bonds. The quantitative estimate of drug-likeness (QED) is 0.405. The molecule has 0 unspecified atom stereocenters. The van der Waals surface area contributed by atoms with Gasteiger partial charge in [0.15, 0.2) is 0 Å². The maximum absolute atomic E-state index is 6.14. The van der Waals surface area contributed by atoms with Gasteiger partial charge >= 0.3 is 0 Å². The van der Waals surface area contributed by atoms with Crippen LogP contribution in [0.15, 0.2) is 72.8 Å². The summed E-state index contributed by atoms with van der Waals surface area (Å²) >= 11 is 0. The third-order valence-corrected chi connectivity index (χ3v) is 4.84. The van der Waals surface area contributed by atoms with Crippen molar-refractivity contribution in [3.63, 3.8) is 0 Å². The first-order chi connectivity index (χ1) is 12.4. The van der Waals surface area contributed by atoms with E-state index in [1.165, 1.54) is 21.5 Å². The zero-order valence-electron chi connectivity index (χ0n) is 13.9. The second kappa shape index (κ2) is 5.82. The first kappa shape index (κ1) is 14.4. The van der Waals surface area contributed by atoms with Crippen LogP contribution < -0.4 is 9.47 Å². The second-order valence-electron chi connectivity index (χ2n) is 6.37. The van der Waals surface area contributed by atoms with Gasteiger partial charge in [-0.3, -0.25) is 0 Å². The number of hydrogen-bond donors (Lipinski definition) is 0. The molecule has 0 saturated carbocycles. The molecule has 5 rings (SSSR count). The number of benzene rings is 4. The van der Waals surface area contributed by atoms with Crippen LogP contribution in [0.1, 0.15) is 6.42 Å². The smallest absolute Gasteiger partial charge is 0.127 e. The van der Waals surface area contributed by atoms with Crippen LogP contribution in [0.5, 0.6) is 11.5 Å². The van der Waals surface area contributed by atoms with Crippen molar-refractivity contribution in [2.24, 2.45) is 0 Å². The van der Waals surface area contributed by atoms with Crippen LogP contribution in [0.3, 0.4) is 0 Å². The highest BCUT2D eigenvalue weighted by molar-refractivity contribution is 6.09. The molecule has 4 aromatic rings. The molecule has 0 saturated heterocycles. The summed E-state index contributed by atoms with van der Waals surface area (Å²) in [7, 11) is 0. The molecule has 1 heterocycles. The summed E-state index contributed by atoms with van der Waals surface area (Å²) in [5, 5.41) is 4.82. The maximum Gasteiger partial charge on any atom is 0.127 e. The van der Waals surface area contributed by atoms with Gasteiger partial charge in [0.2, 0.25) is 0 Å². The largest absolute Gasteiger partial charge is 0.493 e. The number of hydrogen-bond acceptors (Lipinski definition) is 2. The summed E-state index contributed by atoms with van der Waals surface area (Å²) in [6.45, 7) is 1.33. The van der Waals surface area contributed by atoms with Gasteiger partial charge in [-0.15, -0.1) is 0 Å². The Labute approximate surface area is 146 Å². The van der Waals surface area contributed by atoms with Crippen LogP contribution in [-0.2, 0) is 0 Å². The van der Waals surface area contributed by atoms with E-state index >= 15 is 0 Å². The molecule has 2 heteroatoms. The minimum atomic E-state index is 0.664. The molecule has 1 aliphatic rings. The lowest BCUT2D eigenvalue weighted by molar-refractivity contribution is 0.252. The average molecular weight is 326 g/mol. The maximum atomic E-state index is 6.14. The van der Waals surface area contributed by atoms with Gasteiger partial charge in [-0.25, -0.2) is 0 Å². The van der Waals surface area contributed by atoms with Gasteiger partial charge in [0.25, 0.3) is 0 Å². The predicted octanol–water partition coefficient (Wildman–Crippen LogP) is 5.82. The van der Waals surface area contributed by atoms with E-state index in [4.69, 9.17) is 9.47 Å². The number of fused-ring (bicyclic) bond motifs is 7. The van der Waals surface area contributed by atoms with Crippen molar-refractivity contribution in [1.82, 2.24) is 0 Å². The van der Waals surface area contributed by atoms with Crippen molar-refractivity contribution in [3.05, 3.63) is 72.8 Å². The lowest BCUT2D eigenvalue weighted by atomic mass is 9.92. The van der Waals surface area contributed by atoms with Crippen LogP contribution in [0.2, 0.25) is 0 Å². The van der Waals surface area contributed by atoms with Crippen molar-refractivity contribution in [3.8, 4) is 22.6 Å². The highest BCUT2D eigenvalue weighted by Gasteiger charge is 2.19. The Hall–Kier alpha value is -3.00. The first-order valence-electron chi connectivity index (χ1n) is 8.71. The Kier molecular flexibility index (Phi) is 3.34. The van der Waals surface area contributed by atoms with E-state index in [0.29, 0.717) is 13.2 Å². The Morgan fingerprint density at radius 2 is 1.00 bits per heavy atom. The van der Waals surface area contributed by atoms with Crippen molar-refractivity contribution in [2.45, 2.75) is 6.42 Å². The zero-order chi connectivity index (χ0) is 16.6. The zero-order valence-corrected chi connectivity index (χ0v) is 13.9. The Balaban J connectivity index is 1.97. The van der Waals surface area contributed by atoms with E-state index in [0.717, 1.165) is 29.0 Å². The molecule has 0 aromatic heterocycles. The summed E-state index contributed by atoms with van der Waals surface area (Å²) in [5.41, 5.74) is 2.26. The minimum absolute atomic E-state index is 0.664. The fourth-order valence-corrected chi connectivity index (χ4v) is 3.68. The van der Waals surface area contributed by atoms with Gasteiger partial charge in [0.05, 0.1) is 13.2 Å². The summed E-state index contributed by atoms with van der Waals surface area (Å²) < 4.78 is 12.3. The monoisotopic (exact) mass is 326 g/mol. The van der Waals surface area contributed by atoms with Gasteiger partial charge in [-0.05, 0) is 33.7 Å². The standard InChI is InChI=1S/C23H18O2/c1-3-8-18-16(6-1)10-12-20-22(18)23-19-9-4-2-7-17(19)11-13-21(23)25-15-5-14-24-20/h1-4,6-13H,5,14-15H2. The topological polar surface area (TPSA) is 18.5 Å². The Morgan fingerprint density at radius 3 is 1.52 bits per heavy atom. The Bertz CT molecular complexity index is 995. The second-order valence-corrected chi connectivity index (χ2v) is 6.37. The van der Waals surface area contributed by atoms with E-state index in [1.807, 2.05) is 0 Å². The molecule has 0 fully saturated rings. The molecule has 2 nitrogen and oxygen atoms in total. The van der Waals surface area contributed by atoms with Gasteiger partial charge in [0.1, 0.15) is 11.5 Å². The number of rotatable bonds is 0. The van der Waals surface area contributed by atoms with Gasteiger partial charge < -0.3 is 9.47 Å². The highest BCUT2D eigenvalue weighted by Crippen LogP contribution is 2.45. The lowest BCUT2D eigenvalue weighted by Gasteiger charge is -2.17. The van der Waals surface area contributed by atoms with Gasteiger partial charge in [-0.2, -0.15) is 0 Å². The van der Waals surface area contributed by atoms with E-state index < -0.39 is 0 Å². The van der Waals surface area contributed by atoms with E-state index in [2.05, 4.69) is 72.8 Å². The molecule has 25 heavy (non-hydrogen) atoms. The SMILES string of the molecule is c1ccc2c3c(ccc2c1)OCCCOc1ccc2ccccc2c1-3. The van der Waals surface area contributed by atoms with Crippen molar-refractivity contribution >= 4 is 21.5 Å². The highest BCUT2D eigenvalue weighted by atomic mass is 16.5. The van der Waals surface area contributed by atoms with E-state index in [9.17, 15) is 0 Å². The fraction of sp³-hybridized carbons (Fsp3) is 0.130. The van der Waals surface area contributed by atoms with Crippen LogP contribution in [0.4, 0.5) is 0 Å². The molecule has 0 atom stereocenters. The molecular weight excluding hydrogens is 308 g/mol. The van der Waals surface area contributed by atoms with Crippen molar-refractivity contribution < 1.29 is 9.47 Å². The summed E-state index contributed by atoms with van der Waals surface area (Å²) in [5.74, 6) is 1.86. The first-order valence-corrected chi connectivity index (χ1v) is 8.71. The number of ether oxygens (including phenoxy) is 2. The predicted molar refractivity (Wildman–Crippen MR) is 102 cm³/mol. The Morgan fingerprint density at radius 1 is 0.520 bits per heavy atom. The third kappa shape index (κ3) is 2.33. The van der Waals surface area contributed by atoms with E-state index in [-0.39, 0.29) is 0 Å². The average Bonchev–Trinajstić information content (AvgIpc) is 2.76. The molecule has 4 aromatic carbocycles. The molecular formula is C23H18O2.